The summed E-state index contributed by atoms with van der Waals surface area (Å²) in [6, 6.07) is 0.314. The highest BCUT2D eigenvalue weighted by atomic mass is 35.5. The smallest absolute Gasteiger partial charge is 0.240 e. The minimum Gasteiger partial charge on any atom is -0.381 e. The largest absolute Gasteiger partial charge is 0.381 e. The van der Waals surface area contributed by atoms with Crippen LogP contribution in [0.25, 0.3) is 0 Å². The van der Waals surface area contributed by atoms with Gasteiger partial charge in [-0.3, -0.25) is 4.79 Å². The van der Waals surface area contributed by atoms with Gasteiger partial charge in [-0.2, -0.15) is 0 Å². The molecule has 2 fully saturated rings. The predicted molar refractivity (Wildman–Crippen MR) is 78.4 cm³/mol. The molecule has 0 radical (unpaired) electrons. The average molecular weight is 291 g/mol. The van der Waals surface area contributed by atoms with E-state index in [1.54, 1.807) is 0 Å². The zero-order valence-electron chi connectivity index (χ0n) is 12.0. The minimum atomic E-state index is -0.703. The van der Waals surface area contributed by atoms with E-state index in [0.717, 1.165) is 12.8 Å². The molecule has 1 heterocycles. The van der Waals surface area contributed by atoms with Gasteiger partial charge >= 0.3 is 0 Å². The highest BCUT2D eigenvalue weighted by molar-refractivity contribution is 5.86. The van der Waals surface area contributed by atoms with Crippen LogP contribution in [-0.4, -0.2) is 30.7 Å². The van der Waals surface area contributed by atoms with Gasteiger partial charge in [0, 0.05) is 19.3 Å². The number of carbonyl (C=O) groups excluding carboxylic acids is 1. The topological polar surface area (TPSA) is 64.4 Å². The fourth-order valence-electron chi connectivity index (χ4n) is 2.84. The molecule has 3 N–H and O–H groups in total. The quantitative estimate of drug-likeness (QED) is 0.817. The summed E-state index contributed by atoms with van der Waals surface area (Å²) >= 11 is 0. The van der Waals surface area contributed by atoms with Gasteiger partial charge in [-0.25, -0.2) is 0 Å². The summed E-state index contributed by atoms with van der Waals surface area (Å²) in [7, 11) is 0. The molecule has 19 heavy (non-hydrogen) atoms. The summed E-state index contributed by atoms with van der Waals surface area (Å²) in [5.74, 6) is 0.0236. The van der Waals surface area contributed by atoms with Gasteiger partial charge in [0.15, 0.2) is 0 Å². The van der Waals surface area contributed by atoms with Gasteiger partial charge in [-0.15, -0.1) is 12.4 Å². The minimum absolute atomic E-state index is 0. The van der Waals surface area contributed by atoms with Crippen molar-refractivity contribution in [1.29, 1.82) is 0 Å². The van der Waals surface area contributed by atoms with E-state index in [1.807, 2.05) is 0 Å². The van der Waals surface area contributed by atoms with Gasteiger partial charge in [-0.05, 0) is 43.9 Å². The van der Waals surface area contributed by atoms with Crippen LogP contribution in [0.15, 0.2) is 0 Å². The Morgan fingerprint density at radius 3 is 2.21 bits per heavy atom. The first-order chi connectivity index (χ1) is 8.41. The second-order valence-corrected chi connectivity index (χ2v) is 6.68. The maximum Gasteiger partial charge on any atom is 0.240 e. The van der Waals surface area contributed by atoms with E-state index >= 15 is 0 Å². The lowest BCUT2D eigenvalue weighted by atomic mass is 9.75. The summed E-state index contributed by atoms with van der Waals surface area (Å²) < 4.78 is 5.27. The number of hydrogen-bond donors (Lipinski definition) is 2. The highest BCUT2D eigenvalue weighted by Gasteiger charge is 2.37. The molecule has 0 aromatic rings. The van der Waals surface area contributed by atoms with Crippen LogP contribution >= 0.6 is 12.4 Å². The SMILES string of the molecule is CC1(C)CCC(NC(=O)C2(N)CCOCC2)CC1.Cl. The molecule has 1 saturated heterocycles. The van der Waals surface area contributed by atoms with Crippen molar-refractivity contribution in [2.45, 2.75) is 64.0 Å². The molecule has 0 unspecified atom stereocenters. The van der Waals surface area contributed by atoms with Crippen LogP contribution in [0.2, 0.25) is 0 Å². The number of amides is 1. The molecule has 1 amide bonds. The third-order valence-electron chi connectivity index (χ3n) is 4.51. The first-order valence-electron chi connectivity index (χ1n) is 7.09. The second kappa shape index (κ2) is 6.42. The molecule has 1 aliphatic heterocycles. The van der Waals surface area contributed by atoms with Crippen LogP contribution in [0.4, 0.5) is 0 Å². The van der Waals surface area contributed by atoms with Crippen LogP contribution < -0.4 is 11.1 Å². The van der Waals surface area contributed by atoms with Crippen molar-refractivity contribution in [3.8, 4) is 0 Å². The van der Waals surface area contributed by atoms with E-state index in [2.05, 4.69) is 19.2 Å². The number of nitrogens with one attached hydrogen (secondary N) is 1. The van der Waals surface area contributed by atoms with Crippen molar-refractivity contribution in [1.82, 2.24) is 5.32 Å². The molecule has 2 rings (SSSR count). The Morgan fingerprint density at radius 2 is 1.68 bits per heavy atom. The van der Waals surface area contributed by atoms with E-state index in [1.165, 1.54) is 12.8 Å². The van der Waals surface area contributed by atoms with E-state index in [-0.39, 0.29) is 18.3 Å². The molecule has 0 spiro atoms. The zero-order chi connectivity index (χ0) is 13.2. The number of ether oxygens (including phenoxy) is 1. The number of hydrogen-bond acceptors (Lipinski definition) is 3. The molecular weight excluding hydrogens is 264 g/mol. The Labute approximate surface area is 122 Å². The number of nitrogens with two attached hydrogens (primary N) is 1. The monoisotopic (exact) mass is 290 g/mol. The molecule has 1 aliphatic carbocycles. The van der Waals surface area contributed by atoms with Crippen LogP contribution in [0.5, 0.6) is 0 Å². The Kier molecular flexibility index (Phi) is 5.65. The van der Waals surface area contributed by atoms with E-state index < -0.39 is 5.54 Å². The first kappa shape index (κ1) is 16.7. The lowest BCUT2D eigenvalue weighted by molar-refractivity contribution is -0.130. The number of halogens is 1. The van der Waals surface area contributed by atoms with Gasteiger partial charge in [0.05, 0.1) is 5.54 Å². The van der Waals surface area contributed by atoms with Crippen LogP contribution in [0.1, 0.15) is 52.4 Å². The van der Waals surface area contributed by atoms with E-state index in [4.69, 9.17) is 10.5 Å². The third kappa shape index (κ3) is 4.33. The Balaban J connectivity index is 0.00000180. The number of rotatable bonds is 2. The molecule has 0 atom stereocenters. The Bertz CT molecular complexity index is 305. The molecule has 112 valence electrons. The zero-order valence-corrected chi connectivity index (χ0v) is 12.9. The summed E-state index contributed by atoms with van der Waals surface area (Å²) in [5, 5.41) is 3.15. The van der Waals surface area contributed by atoms with Crippen LogP contribution in [0, 0.1) is 5.41 Å². The fourth-order valence-corrected chi connectivity index (χ4v) is 2.84. The van der Waals surface area contributed by atoms with E-state index in [0.29, 0.717) is 37.5 Å². The number of carbonyl (C=O) groups is 1. The highest BCUT2D eigenvalue weighted by Crippen LogP contribution is 2.35. The molecule has 4 nitrogen and oxygen atoms in total. The van der Waals surface area contributed by atoms with Gasteiger partial charge in [-0.1, -0.05) is 13.8 Å². The lowest BCUT2D eigenvalue weighted by Crippen LogP contribution is -2.59. The van der Waals surface area contributed by atoms with Crippen LogP contribution in [0.3, 0.4) is 0 Å². The standard InChI is InChI=1S/C14H26N2O2.ClH/c1-13(2)5-3-11(4-6-13)16-12(17)14(15)7-9-18-10-8-14;/h11H,3-10,15H2,1-2H3,(H,16,17);1H. The molecule has 1 saturated carbocycles. The van der Waals surface area contributed by atoms with Crippen molar-refractivity contribution < 1.29 is 9.53 Å². The first-order valence-corrected chi connectivity index (χ1v) is 7.09. The molecule has 0 aromatic carbocycles. The molecule has 0 bridgehead atoms. The predicted octanol–water partition coefficient (Wildman–Crippen LogP) is 2.00. The van der Waals surface area contributed by atoms with Crippen molar-refractivity contribution in [3.05, 3.63) is 0 Å². The Morgan fingerprint density at radius 1 is 1.16 bits per heavy atom. The van der Waals surface area contributed by atoms with Crippen molar-refractivity contribution in [2.24, 2.45) is 11.1 Å². The summed E-state index contributed by atoms with van der Waals surface area (Å²) in [6.07, 6.45) is 5.78. The molecule has 0 aromatic heterocycles. The Hall–Kier alpha value is -0.320. The van der Waals surface area contributed by atoms with E-state index in [9.17, 15) is 4.79 Å². The maximum absolute atomic E-state index is 12.3. The molecule has 2 aliphatic rings. The van der Waals surface area contributed by atoms with Crippen LogP contribution in [-0.2, 0) is 9.53 Å². The second-order valence-electron chi connectivity index (χ2n) is 6.68. The van der Waals surface area contributed by atoms with Gasteiger partial charge in [0.2, 0.25) is 5.91 Å². The summed E-state index contributed by atoms with van der Waals surface area (Å²) in [6.45, 7) is 5.80. The summed E-state index contributed by atoms with van der Waals surface area (Å²) in [5.41, 5.74) is 5.91. The normalized spacial score (nSPS) is 26.3. The van der Waals surface area contributed by atoms with Gasteiger partial charge in [0.25, 0.3) is 0 Å². The van der Waals surface area contributed by atoms with Crippen molar-refractivity contribution in [2.75, 3.05) is 13.2 Å². The maximum atomic E-state index is 12.3. The van der Waals surface area contributed by atoms with Gasteiger partial charge in [0.1, 0.15) is 0 Å². The molecule has 5 heteroatoms. The summed E-state index contributed by atoms with van der Waals surface area (Å²) in [4.78, 5) is 12.3. The third-order valence-corrected chi connectivity index (χ3v) is 4.51. The lowest BCUT2D eigenvalue weighted by Gasteiger charge is -2.37. The fraction of sp³-hybridized carbons (Fsp3) is 0.929. The van der Waals surface area contributed by atoms with Crippen molar-refractivity contribution in [3.63, 3.8) is 0 Å². The van der Waals surface area contributed by atoms with Crippen molar-refractivity contribution >= 4 is 18.3 Å². The molecular formula is C14H27ClN2O2. The average Bonchev–Trinajstić information content (AvgIpc) is 2.33. The van der Waals surface area contributed by atoms with Gasteiger partial charge < -0.3 is 15.8 Å².